The van der Waals surface area contributed by atoms with Crippen molar-refractivity contribution in [1.82, 2.24) is 5.32 Å². The molecule has 0 heterocycles. The van der Waals surface area contributed by atoms with Crippen LogP contribution in [0.4, 0.5) is 0 Å². The van der Waals surface area contributed by atoms with Gasteiger partial charge in [0.2, 0.25) is 5.91 Å². The van der Waals surface area contributed by atoms with E-state index in [1.807, 2.05) is 13.8 Å². The van der Waals surface area contributed by atoms with Gasteiger partial charge in [-0.1, -0.05) is 38.1 Å². The Balaban J connectivity index is 1.78. The minimum Gasteiger partial charge on any atom is -0.481 e. The lowest BCUT2D eigenvalue weighted by Gasteiger charge is -2.32. The molecular weight excluding hydrogens is 302 g/mol. The van der Waals surface area contributed by atoms with E-state index in [9.17, 15) is 14.7 Å². The maximum Gasteiger partial charge on any atom is 0.305 e. The fraction of sp³-hybridized carbons (Fsp3) is 0.600. The van der Waals surface area contributed by atoms with E-state index >= 15 is 0 Å². The number of fused-ring (bicyclic) bond motifs is 2. The summed E-state index contributed by atoms with van der Waals surface area (Å²) in [4.78, 5) is 24.1. The minimum absolute atomic E-state index is 0.00459. The van der Waals surface area contributed by atoms with Crippen molar-refractivity contribution in [3.8, 4) is 0 Å². The third-order valence-electron chi connectivity index (χ3n) is 6.25. The number of benzene rings is 1. The van der Waals surface area contributed by atoms with E-state index < -0.39 is 11.5 Å². The van der Waals surface area contributed by atoms with Crippen LogP contribution in [0.3, 0.4) is 0 Å². The predicted octanol–water partition coefficient (Wildman–Crippen LogP) is 3.43. The first kappa shape index (κ1) is 17.0. The summed E-state index contributed by atoms with van der Waals surface area (Å²) < 4.78 is 0. The van der Waals surface area contributed by atoms with Gasteiger partial charge in [-0.2, -0.15) is 0 Å². The second kappa shape index (κ2) is 6.23. The monoisotopic (exact) mass is 329 g/mol. The van der Waals surface area contributed by atoms with Gasteiger partial charge < -0.3 is 10.4 Å². The van der Waals surface area contributed by atoms with Crippen LogP contribution in [0.15, 0.2) is 24.3 Å². The summed E-state index contributed by atoms with van der Waals surface area (Å²) in [5.41, 5.74) is 2.09. The van der Waals surface area contributed by atoms with Crippen molar-refractivity contribution in [3.05, 3.63) is 35.4 Å². The second-order valence-corrected chi connectivity index (χ2v) is 7.47. The molecule has 2 aliphatic rings. The van der Waals surface area contributed by atoms with E-state index in [-0.39, 0.29) is 23.7 Å². The lowest BCUT2D eigenvalue weighted by molar-refractivity contribution is -0.139. The highest BCUT2D eigenvalue weighted by Crippen LogP contribution is 2.60. The lowest BCUT2D eigenvalue weighted by Crippen LogP contribution is -2.50. The van der Waals surface area contributed by atoms with Crippen molar-refractivity contribution >= 4 is 11.9 Å². The molecule has 2 aliphatic carbocycles. The van der Waals surface area contributed by atoms with Crippen molar-refractivity contribution in [2.75, 3.05) is 0 Å². The fourth-order valence-corrected chi connectivity index (χ4v) is 4.53. The number of carbonyl (C=O) groups excluding carboxylic acids is 1. The summed E-state index contributed by atoms with van der Waals surface area (Å²) in [6.07, 6.45) is 5.44. The molecule has 2 N–H and O–H groups in total. The summed E-state index contributed by atoms with van der Waals surface area (Å²) >= 11 is 0. The van der Waals surface area contributed by atoms with Crippen molar-refractivity contribution in [2.24, 2.45) is 5.92 Å². The first-order valence-electron chi connectivity index (χ1n) is 9.08. The zero-order valence-electron chi connectivity index (χ0n) is 14.6. The molecule has 1 spiro atoms. The number of nitrogens with one attached hydrogen (secondary N) is 1. The van der Waals surface area contributed by atoms with Gasteiger partial charge in [0.15, 0.2) is 0 Å². The topological polar surface area (TPSA) is 66.4 Å². The first-order chi connectivity index (χ1) is 11.5. The van der Waals surface area contributed by atoms with E-state index in [2.05, 4.69) is 29.6 Å². The fourth-order valence-electron chi connectivity index (χ4n) is 4.53. The molecule has 130 valence electrons. The lowest BCUT2D eigenvalue weighted by atomic mass is 9.78. The van der Waals surface area contributed by atoms with Gasteiger partial charge in [-0.25, -0.2) is 0 Å². The van der Waals surface area contributed by atoms with Crippen LogP contribution in [0.2, 0.25) is 0 Å². The zero-order valence-corrected chi connectivity index (χ0v) is 14.6. The van der Waals surface area contributed by atoms with Crippen LogP contribution < -0.4 is 5.32 Å². The Morgan fingerprint density at radius 3 is 2.67 bits per heavy atom. The Hall–Kier alpha value is -1.84. The highest BCUT2D eigenvalue weighted by molar-refractivity contribution is 5.86. The molecule has 4 heteroatoms. The Kier molecular flexibility index (Phi) is 4.41. The number of carboxylic acids is 1. The van der Waals surface area contributed by atoms with Gasteiger partial charge in [0.05, 0.1) is 6.42 Å². The van der Waals surface area contributed by atoms with E-state index in [1.54, 1.807) is 0 Å². The molecule has 1 fully saturated rings. The Morgan fingerprint density at radius 2 is 2.00 bits per heavy atom. The standard InChI is InChI=1S/C20H27NO3/c1-3-19(4-2,13-17(22)23)21-18(24)16-12-20(16)11-7-9-14-8-5-6-10-15(14)20/h5-6,8,10,16H,3-4,7,9,11-13H2,1-2H3,(H,21,24)(H,22,23). The number of hydrogen-bond acceptors (Lipinski definition) is 2. The number of carboxylic acid groups (broad SMARTS) is 1. The van der Waals surface area contributed by atoms with Gasteiger partial charge in [0.25, 0.3) is 0 Å². The molecule has 3 rings (SSSR count). The van der Waals surface area contributed by atoms with E-state index in [4.69, 9.17) is 0 Å². The zero-order chi connectivity index (χ0) is 17.4. The molecule has 1 aromatic carbocycles. The third kappa shape index (κ3) is 2.83. The largest absolute Gasteiger partial charge is 0.481 e. The van der Waals surface area contributed by atoms with Crippen LogP contribution in [0.5, 0.6) is 0 Å². The van der Waals surface area contributed by atoms with Crippen LogP contribution in [0.25, 0.3) is 0 Å². The summed E-state index contributed by atoms with van der Waals surface area (Å²) in [5.74, 6) is -0.825. The Morgan fingerprint density at radius 1 is 1.29 bits per heavy atom. The molecule has 1 aromatic rings. The summed E-state index contributed by atoms with van der Waals surface area (Å²) in [6, 6.07) is 8.48. The van der Waals surface area contributed by atoms with Crippen molar-refractivity contribution in [3.63, 3.8) is 0 Å². The number of amides is 1. The summed E-state index contributed by atoms with van der Waals surface area (Å²) in [5, 5.41) is 12.3. The van der Waals surface area contributed by atoms with Gasteiger partial charge in [0, 0.05) is 16.9 Å². The predicted molar refractivity (Wildman–Crippen MR) is 92.9 cm³/mol. The molecule has 0 aromatic heterocycles. The molecular formula is C20H27NO3. The van der Waals surface area contributed by atoms with Gasteiger partial charge in [-0.15, -0.1) is 0 Å². The van der Waals surface area contributed by atoms with Crippen molar-refractivity contribution in [1.29, 1.82) is 0 Å². The first-order valence-corrected chi connectivity index (χ1v) is 9.08. The average molecular weight is 329 g/mol. The number of rotatable bonds is 6. The van der Waals surface area contributed by atoms with E-state index in [0.717, 1.165) is 25.7 Å². The SMILES string of the molecule is CCC(CC)(CC(=O)O)NC(=O)C1CC12CCCc1ccccc12. The quantitative estimate of drug-likeness (QED) is 0.840. The van der Waals surface area contributed by atoms with Gasteiger partial charge in [-0.05, 0) is 49.7 Å². The molecule has 0 bridgehead atoms. The Labute approximate surface area is 143 Å². The normalized spacial score (nSPS) is 25.2. The smallest absolute Gasteiger partial charge is 0.305 e. The molecule has 2 unspecified atom stereocenters. The van der Waals surface area contributed by atoms with Crippen LogP contribution in [-0.4, -0.2) is 22.5 Å². The number of aryl methyl sites for hydroxylation is 1. The number of hydrogen-bond donors (Lipinski definition) is 2. The van der Waals surface area contributed by atoms with Gasteiger partial charge in [0.1, 0.15) is 0 Å². The highest BCUT2D eigenvalue weighted by atomic mass is 16.4. The van der Waals surface area contributed by atoms with E-state index in [0.29, 0.717) is 12.8 Å². The molecule has 0 radical (unpaired) electrons. The molecule has 1 amide bonds. The Bertz CT molecular complexity index is 650. The summed E-state index contributed by atoms with van der Waals surface area (Å²) in [6.45, 7) is 3.90. The van der Waals surface area contributed by atoms with Crippen molar-refractivity contribution in [2.45, 2.75) is 69.7 Å². The third-order valence-corrected chi connectivity index (χ3v) is 6.25. The van der Waals surface area contributed by atoms with Crippen LogP contribution in [0, 0.1) is 5.92 Å². The maximum atomic E-state index is 12.9. The molecule has 24 heavy (non-hydrogen) atoms. The molecule has 4 nitrogen and oxygen atoms in total. The van der Waals surface area contributed by atoms with E-state index in [1.165, 1.54) is 11.1 Å². The molecule has 0 aliphatic heterocycles. The molecule has 1 saturated carbocycles. The number of carbonyl (C=O) groups is 2. The second-order valence-electron chi connectivity index (χ2n) is 7.47. The number of aliphatic carboxylic acids is 1. The highest BCUT2D eigenvalue weighted by Gasteiger charge is 2.60. The average Bonchev–Trinajstić information content (AvgIpc) is 3.29. The minimum atomic E-state index is -0.854. The van der Waals surface area contributed by atoms with Gasteiger partial charge in [-0.3, -0.25) is 9.59 Å². The van der Waals surface area contributed by atoms with Crippen LogP contribution in [-0.2, 0) is 21.4 Å². The van der Waals surface area contributed by atoms with Crippen molar-refractivity contribution < 1.29 is 14.7 Å². The van der Waals surface area contributed by atoms with Crippen LogP contribution >= 0.6 is 0 Å². The molecule has 2 atom stereocenters. The van der Waals surface area contributed by atoms with Crippen LogP contribution in [0.1, 0.15) is 63.5 Å². The van der Waals surface area contributed by atoms with Gasteiger partial charge >= 0.3 is 5.97 Å². The molecule has 0 saturated heterocycles. The maximum absolute atomic E-state index is 12.9. The summed E-state index contributed by atoms with van der Waals surface area (Å²) in [7, 11) is 0.